The zero-order chi connectivity index (χ0) is 20.7. The van der Waals surface area contributed by atoms with E-state index in [1.807, 2.05) is 0 Å². The number of nitrogens with one attached hydrogen (secondary N) is 2. The lowest BCUT2D eigenvalue weighted by atomic mass is 10.0. The third kappa shape index (κ3) is 3.88. The van der Waals surface area contributed by atoms with Crippen molar-refractivity contribution in [1.82, 2.24) is 0 Å². The number of hydrogen-bond acceptors (Lipinski definition) is 4. The van der Waals surface area contributed by atoms with Crippen LogP contribution in [0.2, 0.25) is 0 Å². The third-order valence-electron chi connectivity index (χ3n) is 4.12. The Morgan fingerprint density at radius 3 is 2.50 bits per heavy atom. The molecule has 1 amide bonds. The third-order valence-corrected chi connectivity index (χ3v) is 5.50. The fourth-order valence-corrected chi connectivity index (χ4v) is 3.95. The number of rotatable bonds is 4. The van der Waals surface area contributed by atoms with E-state index in [2.05, 4.69) is 5.32 Å². The molecule has 28 heavy (non-hydrogen) atoms. The Hall–Kier alpha value is -2.82. The lowest BCUT2D eigenvalue weighted by Gasteiger charge is -2.19. The van der Waals surface area contributed by atoms with E-state index < -0.39 is 38.2 Å². The predicted molar refractivity (Wildman–Crippen MR) is 92.2 cm³/mol. The molecule has 2 N–H and O–H groups in total. The number of sulfonamides is 1. The average molecular weight is 418 g/mol. The molecule has 0 atom stereocenters. The number of halogens is 4. The van der Waals surface area contributed by atoms with Gasteiger partial charge < -0.3 is 10.1 Å². The highest BCUT2D eigenvalue weighted by Crippen LogP contribution is 2.38. The van der Waals surface area contributed by atoms with Gasteiger partial charge in [0, 0.05) is 12.1 Å². The molecule has 0 spiro atoms. The second kappa shape index (κ2) is 6.97. The fourth-order valence-electron chi connectivity index (χ4n) is 2.76. The summed E-state index contributed by atoms with van der Waals surface area (Å²) in [6, 6.07) is 4.50. The molecule has 11 heteroatoms. The van der Waals surface area contributed by atoms with Gasteiger partial charge in [-0.15, -0.1) is 0 Å². The van der Waals surface area contributed by atoms with E-state index in [0.717, 1.165) is 24.3 Å². The molecule has 0 fully saturated rings. The summed E-state index contributed by atoms with van der Waals surface area (Å²) in [5, 5.41) is 2.41. The van der Waals surface area contributed by atoms with Crippen molar-refractivity contribution in [3.8, 4) is 5.75 Å². The van der Waals surface area contributed by atoms with Crippen molar-refractivity contribution in [3.63, 3.8) is 0 Å². The number of alkyl halides is 3. The number of benzene rings is 2. The van der Waals surface area contributed by atoms with Gasteiger partial charge in [-0.1, -0.05) is 0 Å². The van der Waals surface area contributed by atoms with E-state index >= 15 is 0 Å². The molecule has 6 nitrogen and oxygen atoms in total. The topological polar surface area (TPSA) is 84.5 Å². The summed E-state index contributed by atoms with van der Waals surface area (Å²) in [4.78, 5) is 10.5. The molecule has 1 heterocycles. The summed E-state index contributed by atoms with van der Waals surface area (Å²) in [5.41, 5.74) is -1.54. The molecular formula is C17H14F4N2O4S. The molecule has 2 aromatic carbocycles. The molecule has 1 aliphatic heterocycles. The van der Waals surface area contributed by atoms with Crippen LogP contribution in [0.3, 0.4) is 0 Å². The Morgan fingerprint density at radius 1 is 1.14 bits per heavy atom. The number of hydrogen-bond donors (Lipinski definition) is 2. The van der Waals surface area contributed by atoms with Crippen LogP contribution in [0.1, 0.15) is 17.5 Å². The van der Waals surface area contributed by atoms with Gasteiger partial charge in [0.1, 0.15) is 16.5 Å². The van der Waals surface area contributed by atoms with Gasteiger partial charge in [0.05, 0.1) is 18.4 Å². The summed E-state index contributed by atoms with van der Waals surface area (Å²) in [7, 11) is -3.50. The van der Waals surface area contributed by atoms with E-state index in [1.165, 1.54) is 7.11 Å². The van der Waals surface area contributed by atoms with Crippen LogP contribution in [0, 0.1) is 5.82 Å². The van der Waals surface area contributed by atoms with Crippen LogP contribution >= 0.6 is 0 Å². The van der Waals surface area contributed by atoms with E-state index in [9.17, 15) is 30.8 Å². The van der Waals surface area contributed by atoms with Crippen LogP contribution in [0.15, 0.2) is 35.2 Å². The van der Waals surface area contributed by atoms with E-state index in [0.29, 0.717) is 11.6 Å². The van der Waals surface area contributed by atoms with E-state index in [-0.39, 0.29) is 30.2 Å². The minimum Gasteiger partial charge on any atom is -0.497 e. The second-order valence-corrected chi connectivity index (χ2v) is 7.65. The van der Waals surface area contributed by atoms with Gasteiger partial charge in [-0.2, -0.15) is 13.2 Å². The maximum Gasteiger partial charge on any atom is 0.418 e. The first-order valence-electron chi connectivity index (χ1n) is 7.91. The van der Waals surface area contributed by atoms with Crippen molar-refractivity contribution >= 4 is 27.3 Å². The van der Waals surface area contributed by atoms with Crippen LogP contribution in [-0.2, 0) is 27.4 Å². The molecule has 0 saturated carbocycles. The van der Waals surface area contributed by atoms with E-state index in [1.54, 1.807) is 4.72 Å². The van der Waals surface area contributed by atoms with Gasteiger partial charge in [0.25, 0.3) is 10.0 Å². The molecule has 0 radical (unpaired) electrons. The minimum absolute atomic E-state index is 0.0856. The molecule has 0 bridgehead atoms. The number of carbonyl (C=O) groups is 1. The van der Waals surface area contributed by atoms with Crippen molar-refractivity contribution in [2.24, 2.45) is 0 Å². The van der Waals surface area contributed by atoms with Gasteiger partial charge in [0.2, 0.25) is 5.91 Å². The molecular weight excluding hydrogens is 404 g/mol. The quantitative estimate of drug-likeness (QED) is 0.744. The highest BCUT2D eigenvalue weighted by atomic mass is 32.2. The fraction of sp³-hybridized carbons (Fsp3) is 0.235. The zero-order valence-electron chi connectivity index (χ0n) is 14.4. The van der Waals surface area contributed by atoms with E-state index in [4.69, 9.17) is 4.74 Å². The van der Waals surface area contributed by atoms with Crippen molar-refractivity contribution in [2.45, 2.75) is 23.9 Å². The van der Waals surface area contributed by atoms with Crippen LogP contribution in [0.5, 0.6) is 5.75 Å². The zero-order valence-corrected chi connectivity index (χ0v) is 15.2. The maximum absolute atomic E-state index is 14.3. The number of amides is 1. The molecule has 2 aromatic rings. The normalized spacial score (nSPS) is 14.2. The first-order chi connectivity index (χ1) is 13.0. The molecule has 0 aliphatic carbocycles. The van der Waals surface area contributed by atoms with Crippen molar-refractivity contribution in [3.05, 3.63) is 47.3 Å². The number of anilines is 2. The van der Waals surface area contributed by atoms with Crippen molar-refractivity contribution in [1.29, 1.82) is 0 Å². The largest absolute Gasteiger partial charge is 0.497 e. The Kier molecular flexibility index (Phi) is 4.96. The number of aryl methyl sites for hydroxylation is 1. The van der Waals surface area contributed by atoms with Gasteiger partial charge >= 0.3 is 6.18 Å². The Morgan fingerprint density at radius 2 is 1.86 bits per heavy atom. The number of carbonyl (C=O) groups excluding carboxylic acids is 1. The molecule has 0 aromatic heterocycles. The minimum atomic E-state index is -4.87. The van der Waals surface area contributed by atoms with Crippen LogP contribution in [-0.4, -0.2) is 21.4 Å². The van der Waals surface area contributed by atoms with Crippen LogP contribution in [0.4, 0.5) is 28.9 Å². The lowest BCUT2D eigenvalue weighted by molar-refractivity contribution is -0.137. The summed E-state index contributed by atoms with van der Waals surface area (Å²) >= 11 is 0. The standard InChI is InChI=1S/C17H14F4N2O4S/c1-27-10-3-4-13(11(7-10)17(19,20)21)23-28(25,26)15-6-9-2-5-16(24)22-14(9)8-12(15)18/h3-4,6-8,23H,2,5H2,1H3,(H,22,24). The lowest BCUT2D eigenvalue weighted by Crippen LogP contribution is -2.22. The highest BCUT2D eigenvalue weighted by molar-refractivity contribution is 7.92. The summed E-state index contributed by atoms with van der Waals surface area (Å²) in [5.74, 6) is -1.66. The van der Waals surface area contributed by atoms with Crippen LogP contribution < -0.4 is 14.8 Å². The average Bonchev–Trinajstić information content (AvgIpc) is 2.60. The summed E-state index contributed by atoms with van der Waals surface area (Å²) in [6.45, 7) is 0. The first kappa shape index (κ1) is 19.9. The highest BCUT2D eigenvalue weighted by Gasteiger charge is 2.36. The number of methoxy groups -OCH3 is 1. The molecule has 150 valence electrons. The van der Waals surface area contributed by atoms with Gasteiger partial charge in [-0.05, 0) is 42.3 Å². The summed E-state index contributed by atoms with van der Waals surface area (Å²) in [6.07, 6.45) is -4.60. The van der Waals surface area contributed by atoms with Crippen molar-refractivity contribution in [2.75, 3.05) is 17.1 Å². The maximum atomic E-state index is 14.3. The molecule has 1 aliphatic rings. The SMILES string of the molecule is COc1ccc(NS(=O)(=O)c2cc3c(cc2F)NC(=O)CC3)c(C(F)(F)F)c1. The Bertz CT molecular complexity index is 1050. The van der Waals surface area contributed by atoms with Gasteiger partial charge in [0.15, 0.2) is 0 Å². The Labute approximate surface area is 157 Å². The smallest absolute Gasteiger partial charge is 0.418 e. The molecule has 0 unspecified atom stereocenters. The number of fused-ring (bicyclic) bond motifs is 1. The molecule has 0 saturated heterocycles. The monoisotopic (exact) mass is 418 g/mol. The summed E-state index contributed by atoms with van der Waals surface area (Å²) < 4.78 is 85.8. The number of ether oxygens (including phenoxy) is 1. The first-order valence-corrected chi connectivity index (χ1v) is 9.40. The van der Waals surface area contributed by atoms with Crippen LogP contribution in [0.25, 0.3) is 0 Å². The van der Waals surface area contributed by atoms with Crippen molar-refractivity contribution < 1.29 is 35.5 Å². The molecule has 3 rings (SSSR count). The predicted octanol–water partition coefficient (Wildman–Crippen LogP) is 3.54. The van der Waals surface area contributed by atoms with Gasteiger partial charge in [-0.25, -0.2) is 12.8 Å². The Balaban J connectivity index is 2.03. The second-order valence-electron chi connectivity index (χ2n) is 6.00. The van der Waals surface area contributed by atoms with Gasteiger partial charge in [-0.3, -0.25) is 9.52 Å².